The molecule has 0 saturated heterocycles. The molecule has 0 heterocycles. The molecule has 4 aliphatic rings. The zero-order valence-electron chi connectivity index (χ0n) is 23.4. The SMILES string of the molecule is CCCC1=CC(CCC)(OC(=O)C2=C(C(=O)OC3(CCC)C=C(CCC)C=CC3)C3CCC2C3)CC=C1. The summed E-state index contributed by atoms with van der Waals surface area (Å²) < 4.78 is 12.7. The van der Waals surface area contributed by atoms with Crippen molar-refractivity contribution in [2.24, 2.45) is 11.8 Å². The van der Waals surface area contributed by atoms with Crippen LogP contribution in [0.15, 0.2) is 58.7 Å². The van der Waals surface area contributed by atoms with Crippen molar-refractivity contribution in [3.8, 4) is 0 Å². The fourth-order valence-electron chi connectivity index (χ4n) is 7.02. The van der Waals surface area contributed by atoms with Gasteiger partial charge in [-0.05, 0) is 80.1 Å². The summed E-state index contributed by atoms with van der Waals surface area (Å²) >= 11 is 0. The average molecular weight is 507 g/mol. The number of hydrogen-bond donors (Lipinski definition) is 0. The van der Waals surface area contributed by atoms with E-state index in [4.69, 9.17) is 9.47 Å². The molecule has 2 bridgehead atoms. The van der Waals surface area contributed by atoms with Gasteiger partial charge in [-0.2, -0.15) is 0 Å². The summed E-state index contributed by atoms with van der Waals surface area (Å²) in [4.78, 5) is 27.7. The van der Waals surface area contributed by atoms with Gasteiger partial charge in [-0.15, -0.1) is 0 Å². The Balaban J connectivity index is 1.61. The molecule has 0 aromatic rings. The Morgan fingerprint density at radius 1 is 0.730 bits per heavy atom. The standard InChI is InChI=1S/C33H46O4/c1-5-11-24-13-9-19-32(22-24,17-7-3)36-30(34)28-26-15-16-27(21-26)29(28)31(35)37-33(18-8-4)20-10-14-25(23-33)12-6-2/h9-10,13-14,22-23,26-27H,5-8,11-12,15-21H2,1-4H3. The fraction of sp³-hybridized carbons (Fsp3) is 0.636. The molecule has 4 heteroatoms. The van der Waals surface area contributed by atoms with Crippen molar-refractivity contribution < 1.29 is 19.1 Å². The molecule has 0 aromatic heterocycles. The first-order valence-electron chi connectivity index (χ1n) is 14.9. The van der Waals surface area contributed by atoms with E-state index >= 15 is 0 Å². The predicted octanol–water partition coefficient (Wildman–Crippen LogP) is 8.25. The monoisotopic (exact) mass is 506 g/mol. The van der Waals surface area contributed by atoms with E-state index in [-0.39, 0.29) is 23.8 Å². The summed E-state index contributed by atoms with van der Waals surface area (Å²) in [6.07, 6.45) is 24.6. The highest BCUT2D eigenvalue weighted by molar-refractivity contribution is 6.03. The summed E-state index contributed by atoms with van der Waals surface area (Å²) in [5, 5.41) is 0. The van der Waals surface area contributed by atoms with Gasteiger partial charge in [0.25, 0.3) is 0 Å². The highest BCUT2D eigenvalue weighted by Crippen LogP contribution is 2.50. The van der Waals surface area contributed by atoms with E-state index < -0.39 is 11.2 Å². The lowest BCUT2D eigenvalue weighted by Crippen LogP contribution is -2.37. The Bertz CT molecular complexity index is 945. The maximum atomic E-state index is 13.8. The van der Waals surface area contributed by atoms with Crippen LogP contribution in [-0.4, -0.2) is 23.1 Å². The number of carbonyl (C=O) groups is 2. The van der Waals surface area contributed by atoms with Crippen molar-refractivity contribution in [3.63, 3.8) is 0 Å². The van der Waals surface area contributed by atoms with E-state index in [1.807, 2.05) is 0 Å². The van der Waals surface area contributed by atoms with Gasteiger partial charge in [0.1, 0.15) is 11.2 Å². The number of ether oxygens (including phenoxy) is 2. The second kappa shape index (κ2) is 12.0. The van der Waals surface area contributed by atoms with Gasteiger partial charge in [0.15, 0.2) is 0 Å². The molecule has 0 aliphatic heterocycles. The van der Waals surface area contributed by atoms with Crippen LogP contribution in [0.5, 0.6) is 0 Å². The minimum Gasteiger partial charge on any atom is -0.451 e. The first-order chi connectivity index (χ1) is 17.9. The van der Waals surface area contributed by atoms with Crippen LogP contribution in [0.4, 0.5) is 0 Å². The van der Waals surface area contributed by atoms with E-state index in [2.05, 4.69) is 64.2 Å². The molecule has 202 valence electrons. The summed E-state index contributed by atoms with van der Waals surface area (Å²) in [7, 11) is 0. The Morgan fingerprint density at radius 3 is 1.54 bits per heavy atom. The van der Waals surface area contributed by atoms with Crippen LogP contribution >= 0.6 is 0 Å². The first-order valence-corrected chi connectivity index (χ1v) is 14.9. The molecule has 4 aliphatic carbocycles. The Kier molecular flexibility index (Phi) is 8.98. The van der Waals surface area contributed by atoms with Gasteiger partial charge < -0.3 is 9.47 Å². The van der Waals surface area contributed by atoms with Crippen LogP contribution in [0.2, 0.25) is 0 Å². The molecule has 0 aromatic carbocycles. The molecule has 4 rings (SSSR count). The van der Waals surface area contributed by atoms with E-state index in [0.717, 1.165) is 70.6 Å². The molecule has 37 heavy (non-hydrogen) atoms. The van der Waals surface area contributed by atoms with Gasteiger partial charge in [-0.1, -0.05) is 77.7 Å². The molecular weight excluding hydrogens is 460 g/mol. The second-order valence-corrected chi connectivity index (χ2v) is 11.6. The molecule has 4 nitrogen and oxygen atoms in total. The van der Waals surface area contributed by atoms with Gasteiger partial charge in [0.2, 0.25) is 0 Å². The van der Waals surface area contributed by atoms with Crippen LogP contribution in [0.1, 0.15) is 111 Å². The normalized spacial score (nSPS) is 30.4. The van der Waals surface area contributed by atoms with Crippen molar-refractivity contribution in [2.75, 3.05) is 0 Å². The lowest BCUT2D eigenvalue weighted by atomic mass is 9.85. The van der Waals surface area contributed by atoms with Crippen LogP contribution in [0.3, 0.4) is 0 Å². The van der Waals surface area contributed by atoms with Gasteiger partial charge in [0, 0.05) is 12.8 Å². The number of hydrogen-bond acceptors (Lipinski definition) is 4. The molecular formula is C33H46O4. The number of rotatable bonds is 12. The number of fused-ring (bicyclic) bond motifs is 2. The Morgan fingerprint density at radius 2 is 1.16 bits per heavy atom. The molecule has 1 saturated carbocycles. The molecule has 0 amide bonds. The van der Waals surface area contributed by atoms with Crippen molar-refractivity contribution in [2.45, 2.75) is 122 Å². The highest BCUT2D eigenvalue weighted by atomic mass is 16.6. The van der Waals surface area contributed by atoms with Gasteiger partial charge in [-0.25, -0.2) is 9.59 Å². The third-order valence-corrected chi connectivity index (χ3v) is 8.48. The lowest BCUT2D eigenvalue weighted by molar-refractivity contribution is -0.155. The van der Waals surface area contributed by atoms with Gasteiger partial charge in [0.05, 0.1) is 11.1 Å². The lowest BCUT2D eigenvalue weighted by Gasteiger charge is -2.35. The maximum Gasteiger partial charge on any atom is 0.335 e. The van der Waals surface area contributed by atoms with Crippen molar-refractivity contribution >= 4 is 11.9 Å². The van der Waals surface area contributed by atoms with Crippen molar-refractivity contribution in [1.82, 2.24) is 0 Å². The predicted molar refractivity (Wildman–Crippen MR) is 149 cm³/mol. The molecule has 4 unspecified atom stereocenters. The molecule has 4 atom stereocenters. The van der Waals surface area contributed by atoms with Crippen LogP contribution in [0.25, 0.3) is 0 Å². The molecule has 0 spiro atoms. The second-order valence-electron chi connectivity index (χ2n) is 11.6. The highest BCUT2D eigenvalue weighted by Gasteiger charge is 2.48. The number of allylic oxidation sites excluding steroid dienone is 4. The summed E-state index contributed by atoms with van der Waals surface area (Å²) in [5.41, 5.74) is 2.44. The van der Waals surface area contributed by atoms with E-state index in [0.29, 0.717) is 24.0 Å². The first kappa shape index (κ1) is 27.7. The van der Waals surface area contributed by atoms with Gasteiger partial charge in [-0.3, -0.25) is 0 Å². The fourth-order valence-corrected chi connectivity index (χ4v) is 7.02. The average Bonchev–Trinajstić information content (AvgIpc) is 3.47. The van der Waals surface area contributed by atoms with Crippen molar-refractivity contribution in [1.29, 1.82) is 0 Å². The minimum atomic E-state index is -0.621. The summed E-state index contributed by atoms with van der Waals surface area (Å²) in [6, 6.07) is 0. The molecule has 0 radical (unpaired) electrons. The summed E-state index contributed by atoms with van der Waals surface area (Å²) in [6.45, 7) is 8.60. The third-order valence-electron chi connectivity index (χ3n) is 8.48. The zero-order chi connectivity index (χ0) is 26.5. The quantitative estimate of drug-likeness (QED) is 0.250. The minimum absolute atomic E-state index is 0.108. The summed E-state index contributed by atoms with van der Waals surface area (Å²) in [5.74, 6) is -0.386. The Labute approximate surface area is 223 Å². The Hall–Kier alpha value is -2.36. The van der Waals surface area contributed by atoms with E-state index in [1.54, 1.807) is 0 Å². The smallest absolute Gasteiger partial charge is 0.335 e. The largest absolute Gasteiger partial charge is 0.451 e. The molecule has 0 N–H and O–H groups in total. The van der Waals surface area contributed by atoms with Crippen molar-refractivity contribution in [3.05, 3.63) is 58.7 Å². The molecule has 1 fully saturated rings. The maximum absolute atomic E-state index is 13.8. The zero-order valence-corrected chi connectivity index (χ0v) is 23.4. The van der Waals surface area contributed by atoms with E-state index in [9.17, 15) is 9.59 Å². The topological polar surface area (TPSA) is 52.6 Å². The van der Waals surface area contributed by atoms with Crippen LogP contribution < -0.4 is 0 Å². The third kappa shape index (κ3) is 6.04. The van der Waals surface area contributed by atoms with Gasteiger partial charge >= 0.3 is 11.9 Å². The number of esters is 2. The van der Waals surface area contributed by atoms with Crippen LogP contribution in [-0.2, 0) is 19.1 Å². The van der Waals surface area contributed by atoms with E-state index in [1.165, 1.54) is 11.1 Å². The van der Waals surface area contributed by atoms with Crippen LogP contribution in [0, 0.1) is 11.8 Å². The number of carbonyl (C=O) groups excluding carboxylic acids is 2.